The minimum absolute atomic E-state index is 0.322. The molecule has 0 unspecified atom stereocenters. The van der Waals surface area contributed by atoms with E-state index in [0.717, 1.165) is 27.7 Å². The third-order valence-electron chi connectivity index (χ3n) is 5.32. The Morgan fingerprint density at radius 2 is 1.52 bits per heavy atom. The van der Waals surface area contributed by atoms with E-state index in [1.165, 1.54) is 29.8 Å². The zero-order valence-corrected chi connectivity index (χ0v) is 15.9. The van der Waals surface area contributed by atoms with Crippen LogP contribution in [0.15, 0.2) is 66.9 Å². The topological polar surface area (TPSA) is 30.7 Å². The molecule has 0 saturated carbocycles. The Bertz CT molecular complexity index is 1390. The zero-order valence-electron chi connectivity index (χ0n) is 15.9. The first-order valence-electron chi connectivity index (χ1n) is 9.32. The Labute approximate surface area is 166 Å². The van der Waals surface area contributed by atoms with Gasteiger partial charge in [0.25, 0.3) is 0 Å². The zero-order chi connectivity index (χ0) is 20.1. The minimum Gasteiger partial charge on any atom is -0.255 e. The number of aryl methyl sites for hydroxylation is 2. The molecule has 0 N–H and O–H groups in total. The van der Waals surface area contributed by atoms with Crippen LogP contribution in [-0.2, 0) is 0 Å². The van der Waals surface area contributed by atoms with Gasteiger partial charge in [-0.25, -0.2) is 13.5 Å². The highest BCUT2D eigenvalue weighted by Crippen LogP contribution is 2.34. The number of rotatable bonds is 2. The molecular formula is C24H17F2N3. The second-order valence-corrected chi connectivity index (χ2v) is 7.22. The fraction of sp³-hybridized carbons (Fsp3) is 0.0833. The maximum absolute atomic E-state index is 14.1. The van der Waals surface area contributed by atoms with Crippen molar-refractivity contribution in [2.75, 3.05) is 0 Å². The molecule has 0 aliphatic rings. The quantitative estimate of drug-likeness (QED) is 0.366. The highest BCUT2D eigenvalue weighted by molar-refractivity contribution is 6.08. The summed E-state index contributed by atoms with van der Waals surface area (Å²) in [4.78, 5) is 4.52. The van der Waals surface area contributed by atoms with Gasteiger partial charge in [0.05, 0.1) is 16.7 Å². The Morgan fingerprint density at radius 3 is 2.28 bits per heavy atom. The molecule has 5 rings (SSSR count). The second-order valence-electron chi connectivity index (χ2n) is 7.22. The van der Waals surface area contributed by atoms with Gasteiger partial charge in [-0.15, -0.1) is 0 Å². The summed E-state index contributed by atoms with van der Waals surface area (Å²) in [5.74, 6) is -0.663. The predicted molar refractivity (Wildman–Crippen MR) is 111 cm³/mol. The van der Waals surface area contributed by atoms with Gasteiger partial charge in [0.2, 0.25) is 0 Å². The molecule has 2 aromatic heterocycles. The predicted octanol–water partition coefficient (Wildman–Crippen LogP) is 6.14. The molecule has 0 fully saturated rings. The van der Waals surface area contributed by atoms with E-state index in [0.29, 0.717) is 16.6 Å². The van der Waals surface area contributed by atoms with Gasteiger partial charge in [-0.05, 0) is 73.5 Å². The first kappa shape index (κ1) is 17.5. The summed E-state index contributed by atoms with van der Waals surface area (Å²) in [6.07, 6.45) is 1.77. The van der Waals surface area contributed by atoms with E-state index in [-0.39, 0.29) is 11.6 Å². The smallest absolute Gasteiger partial charge is 0.124 e. The maximum atomic E-state index is 14.1. The third kappa shape index (κ3) is 2.86. The van der Waals surface area contributed by atoms with Gasteiger partial charge < -0.3 is 0 Å². The van der Waals surface area contributed by atoms with Crippen molar-refractivity contribution in [1.29, 1.82) is 0 Å². The summed E-state index contributed by atoms with van der Waals surface area (Å²) in [6.45, 7) is 4.12. The van der Waals surface area contributed by atoms with Gasteiger partial charge in [0.15, 0.2) is 0 Å². The number of halogens is 2. The summed E-state index contributed by atoms with van der Waals surface area (Å²) in [5.41, 5.74) is 6.18. The summed E-state index contributed by atoms with van der Waals surface area (Å²) >= 11 is 0. The lowest BCUT2D eigenvalue weighted by Gasteiger charge is -2.06. The van der Waals surface area contributed by atoms with Crippen molar-refractivity contribution >= 4 is 21.8 Å². The van der Waals surface area contributed by atoms with E-state index in [1.54, 1.807) is 29.1 Å². The van der Waals surface area contributed by atoms with Crippen molar-refractivity contribution in [3.63, 3.8) is 0 Å². The van der Waals surface area contributed by atoms with Crippen LogP contribution in [0.4, 0.5) is 8.78 Å². The van der Waals surface area contributed by atoms with Gasteiger partial charge in [0, 0.05) is 22.5 Å². The molecule has 5 aromatic rings. The largest absolute Gasteiger partial charge is 0.255 e. The summed E-state index contributed by atoms with van der Waals surface area (Å²) < 4.78 is 29.3. The molecule has 5 heteroatoms. The molecule has 0 aliphatic carbocycles. The number of hydrogen-bond donors (Lipinski definition) is 0. The van der Waals surface area contributed by atoms with E-state index < -0.39 is 0 Å². The minimum atomic E-state index is -0.341. The van der Waals surface area contributed by atoms with Gasteiger partial charge in [-0.3, -0.25) is 4.98 Å². The number of fused-ring (bicyclic) bond motifs is 3. The molecule has 2 heterocycles. The molecular weight excluding hydrogens is 368 g/mol. The number of aromatic nitrogens is 3. The lowest BCUT2D eigenvalue weighted by atomic mass is 10.0. The fourth-order valence-electron chi connectivity index (χ4n) is 3.63. The lowest BCUT2D eigenvalue weighted by molar-refractivity contribution is 0.627. The average molecular weight is 385 g/mol. The molecule has 29 heavy (non-hydrogen) atoms. The van der Waals surface area contributed by atoms with Crippen LogP contribution in [0.1, 0.15) is 11.1 Å². The monoisotopic (exact) mass is 385 g/mol. The Kier molecular flexibility index (Phi) is 3.91. The Hall–Kier alpha value is -3.60. The molecule has 0 atom stereocenters. The van der Waals surface area contributed by atoms with E-state index in [2.05, 4.69) is 31.0 Å². The number of nitrogens with zero attached hydrogens (tertiary/aromatic N) is 3. The summed E-state index contributed by atoms with van der Waals surface area (Å²) in [7, 11) is 0. The molecule has 0 amide bonds. The molecule has 0 spiro atoms. The van der Waals surface area contributed by atoms with Gasteiger partial charge in [-0.1, -0.05) is 12.1 Å². The fourth-order valence-corrected chi connectivity index (χ4v) is 3.63. The molecule has 3 nitrogen and oxygen atoms in total. The molecule has 0 radical (unpaired) electrons. The van der Waals surface area contributed by atoms with E-state index in [9.17, 15) is 8.78 Å². The van der Waals surface area contributed by atoms with Crippen LogP contribution >= 0.6 is 0 Å². The van der Waals surface area contributed by atoms with Crippen LogP contribution in [0.2, 0.25) is 0 Å². The van der Waals surface area contributed by atoms with Gasteiger partial charge >= 0.3 is 0 Å². The number of pyridine rings is 1. The van der Waals surface area contributed by atoms with Gasteiger partial charge in [-0.2, -0.15) is 5.10 Å². The summed E-state index contributed by atoms with van der Waals surface area (Å²) in [5, 5.41) is 6.32. The van der Waals surface area contributed by atoms with Crippen molar-refractivity contribution in [2.24, 2.45) is 0 Å². The molecule has 0 saturated heterocycles. The SMILES string of the molecule is Cc1ccc(-c2nn(-c3ccc(F)cc3)c3c2cnc2ccc(F)cc23)cc1C. The average Bonchev–Trinajstić information content (AvgIpc) is 3.11. The lowest BCUT2D eigenvalue weighted by Crippen LogP contribution is -1.97. The van der Waals surface area contributed by atoms with Crippen molar-refractivity contribution in [3.05, 3.63) is 89.6 Å². The normalized spacial score (nSPS) is 11.4. The second kappa shape index (κ2) is 6.48. The Morgan fingerprint density at radius 1 is 0.759 bits per heavy atom. The van der Waals surface area contributed by atoms with Crippen LogP contribution in [0, 0.1) is 25.5 Å². The molecule has 142 valence electrons. The summed E-state index contributed by atoms with van der Waals surface area (Å²) in [6, 6.07) is 16.8. The van der Waals surface area contributed by atoms with Crippen LogP contribution in [0.25, 0.3) is 38.8 Å². The highest BCUT2D eigenvalue weighted by Gasteiger charge is 2.18. The van der Waals surface area contributed by atoms with Gasteiger partial charge in [0.1, 0.15) is 17.3 Å². The van der Waals surface area contributed by atoms with Crippen LogP contribution in [0.3, 0.4) is 0 Å². The van der Waals surface area contributed by atoms with Crippen LogP contribution in [0.5, 0.6) is 0 Å². The van der Waals surface area contributed by atoms with E-state index in [1.807, 2.05) is 6.07 Å². The Balaban J connectivity index is 1.90. The standard InChI is InChI=1S/C24H17F2N3/c1-14-3-4-16(11-15(14)2)23-21-13-27-22-10-7-18(26)12-20(22)24(21)29(28-23)19-8-5-17(25)6-9-19/h3-13H,1-2H3. The highest BCUT2D eigenvalue weighted by atomic mass is 19.1. The number of hydrogen-bond acceptors (Lipinski definition) is 2. The maximum Gasteiger partial charge on any atom is 0.124 e. The molecule has 3 aromatic carbocycles. The van der Waals surface area contributed by atoms with Crippen LogP contribution < -0.4 is 0 Å². The molecule has 0 aliphatic heterocycles. The third-order valence-corrected chi connectivity index (χ3v) is 5.32. The molecule has 0 bridgehead atoms. The first-order chi connectivity index (χ1) is 14.0. The van der Waals surface area contributed by atoms with Crippen LogP contribution in [-0.4, -0.2) is 14.8 Å². The van der Waals surface area contributed by atoms with E-state index in [4.69, 9.17) is 5.10 Å². The first-order valence-corrected chi connectivity index (χ1v) is 9.32. The number of benzene rings is 3. The van der Waals surface area contributed by atoms with E-state index >= 15 is 0 Å². The van der Waals surface area contributed by atoms with Crippen molar-refractivity contribution < 1.29 is 8.78 Å². The van der Waals surface area contributed by atoms with Crippen molar-refractivity contribution in [2.45, 2.75) is 13.8 Å². The van der Waals surface area contributed by atoms with Crippen molar-refractivity contribution in [1.82, 2.24) is 14.8 Å². The van der Waals surface area contributed by atoms with Crippen molar-refractivity contribution in [3.8, 4) is 16.9 Å².